The van der Waals surface area contributed by atoms with Crippen molar-refractivity contribution >= 4 is 51.5 Å². The van der Waals surface area contributed by atoms with Crippen LogP contribution in [0.1, 0.15) is 5.69 Å². The molecule has 0 fully saturated rings. The molecule has 0 radical (unpaired) electrons. The van der Waals surface area contributed by atoms with Crippen molar-refractivity contribution in [2.45, 2.75) is 6.54 Å². The minimum Gasteiger partial charge on any atom is -0.325 e. The van der Waals surface area contributed by atoms with Crippen molar-refractivity contribution in [2.75, 3.05) is 0 Å². The minimum atomic E-state index is 0. The zero-order valence-corrected chi connectivity index (χ0v) is 11.0. The molecule has 0 aliphatic heterocycles. The number of benzene rings is 1. The maximum Gasteiger partial charge on any atom is 0.0545 e. The van der Waals surface area contributed by atoms with Gasteiger partial charge in [-0.1, -0.05) is 28.1 Å². The lowest BCUT2D eigenvalue weighted by atomic mass is 10.1. The maximum atomic E-state index is 5.50. The lowest BCUT2D eigenvalue weighted by molar-refractivity contribution is 0.998. The first-order chi connectivity index (χ1) is 6.31. The van der Waals surface area contributed by atoms with Crippen molar-refractivity contribution in [1.82, 2.24) is 4.98 Å². The van der Waals surface area contributed by atoms with Crippen LogP contribution in [0.4, 0.5) is 0 Å². The Morgan fingerprint density at radius 3 is 2.67 bits per heavy atom. The largest absolute Gasteiger partial charge is 0.325 e. The quantitative estimate of drug-likeness (QED) is 0.878. The van der Waals surface area contributed by atoms with Gasteiger partial charge in [0, 0.05) is 22.6 Å². The Kier molecular flexibility index (Phi) is 6.13. The van der Waals surface area contributed by atoms with E-state index in [1.165, 1.54) is 5.39 Å². The molecule has 0 saturated heterocycles. The van der Waals surface area contributed by atoms with Crippen LogP contribution >= 0.6 is 40.7 Å². The Morgan fingerprint density at radius 1 is 1.27 bits per heavy atom. The highest BCUT2D eigenvalue weighted by Crippen LogP contribution is 2.22. The topological polar surface area (TPSA) is 38.9 Å². The molecule has 2 aromatic rings. The van der Waals surface area contributed by atoms with Gasteiger partial charge in [0.15, 0.2) is 0 Å². The predicted molar refractivity (Wildman–Crippen MR) is 71.8 cm³/mol. The van der Waals surface area contributed by atoms with E-state index in [-0.39, 0.29) is 24.8 Å². The zero-order valence-electron chi connectivity index (χ0n) is 7.81. The Morgan fingerprint density at radius 2 is 2.00 bits per heavy atom. The van der Waals surface area contributed by atoms with E-state index in [1.54, 1.807) is 0 Å². The SMILES string of the molecule is Cl.Cl.NCc1cc2cccc(Br)c2cn1. The van der Waals surface area contributed by atoms with Gasteiger partial charge in [-0.2, -0.15) is 0 Å². The third-order valence-electron chi connectivity index (χ3n) is 1.98. The van der Waals surface area contributed by atoms with E-state index >= 15 is 0 Å². The van der Waals surface area contributed by atoms with Crippen molar-refractivity contribution in [3.05, 3.63) is 40.6 Å². The average molecular weight is 310 g/mol. The third-order valence-corrected chi connectivity index (χ3v) is 2.67. The van der Waals surface area contributed by atoms with E-state index in [9.17, 15) is 0 Å². The molecular formula is C10H11BrCl2N2. The molecule has 2 nitrogen and oxygen atoms in total. The van der Waals surface area contributed by atoms with Crippen molar-refractivity contribution in [2.24, 2.45) is 5.73 Å². The molecule has 0 unspecified atom stereocenters. The molecule has 1 heterocycles. The molecule has 5 heteroatoms. The van der Waals surface area contributed by atoms with Crippen molar-refractivity contribution in [1.29, 1.82) is 0 Å². The summed E-state index contributed by atoms with van der Waals surface area (Å²) < 4.78 is 1.07. The van der Waals surface area contributed by atoms with E-state index in [4.69, 9.17) is 5.73 Å². The van der Waals surface area contributed by atoms with Gasteiger partial charge in [-0.15, -0.1) is 24.8 Å². The van der Waals surface area contributed by atoms with Crippen LogP contribution < -0.4 is 5.73 Å². The molecule has 0 saturated carbocycles. The first-order valence-corrected chi connectivity index (χ1v) is 4.84. The van der Waals surface area contributed by atoms with E-state index in [0.717, 1.165) is 15.6 Å². The summed E-state index contributed by atoms with van der Waals surface area (Å²) >= 11 is 3.47. The van der Waals surface area contributed by atoms with E-state index in [2.05, 4.69) is 27.0 Å². The number of hydrogen-bond acceptors (Lipinski definition) is 2. The molecule has 0 aliphatic carbocycles. The second kappa shape index (κ2) is 6.28. The standard InChI is InChI=1S/C10H9BrN2.2ClH/c11-10-3-1-2-7-4-8(5-12)13-6-9(7)10;;/h1-4,6H,5,12H2;2*1H. The van der Waals surface area contributed by atoms with Gasteiger partial charge in [0.1, 0.15) is 0 Å². The van der Waals surface area contributed by atoms with Gasteiger partial charge in [-0.25, -0.2) is 0 Å². The maximum absolute atomic E-state index is 5.50. The number of hydrogen-bond donors (Lipinski definition) is 1. The van der Waals surface area contributed by atoms with Crippen LogP contribution in [-0.4, -0.2) is 4.98 Å². The highest BCUT2D eigenvalue weighted by Gasteiger charge is 1.98. The van der Waals surface area contributed by atoms with E-state index < -0.39 is 0 Å². The van der Waals surface area contributed by atoms with Gasteiger partial charge < -0.3 is 5.73 Å². The van der Waals surface area contributed by atoms with Crippen LogP contribution in [0.25, 0.3) is 10.8 Å². The lowest BCUT2D eigenvalue weighted by Crippen LogP contribution is -1.98. The van der Waals surface area contributed by atoms with E-state index in [1.807, 2.05) is 24.4 Å². The second-order valence-electron chi connectivity index (χ2n) is 2.84. The van der Waals surface area contributed by atoms with Crippen LogP contribution in [0, 0.1) is 0 Å². The Balaban J connectivity index is 0.000000980. The Labute approximate surface area is 109 Å². The third kappa shape index (κ3) is 3.05. The molecule has 1 aromatic heterocycles. The summed E-state index contributed by atoms with van der Waals surface area (Å²) in [5, 5.41) is 2.30. The summed E-state index contributed by atoms with van der Waals surface area (Å²) in [5.74, 6) is 0. The summed E-state index contributed by atoms with van der Waals surface area (Å²) in [7, 11) is 0. The fourth-order valence-corrected chi connectivity index (χ4v) is 1.78. The molecule has 0 spiro atoms. The number of nitrogens with zero attached hydrogens (tertiary/aromatic N) is 1. The number of pyridine rings is 1. The number of rotatable bonds is 1. The molecule has 0 amide bonds. The van der Waals surface area contributed by atoms with Crippen LogP contribution in [-0.2, 0) is 6.54 Å². The van der Waals surface area contributed by atoms with Gasteiger partial charge in [0.05, 0.1) is 5.69 Å². The van der Waals surface area contributed by atoms with Gasteiger partial charge in [-0.3, -0.25) is 4.98 Å². The van der Waals surface area contributed by atoms with Crippen LogP contribution in [0.2, 0.25) is 0 Å². The Hall–Kier alpha value is -0.350. The first-order valence-electron chi connectivity index (χ1n) is 4.04. The van der Waals surface area contributed by atoms with Crippen LogP contribution in [0.5, 0.6) is 0 Å². The summed E-state index contributed by atoms with van der Waals surface area (Å²) in [4.78, 5) is 4.23. The average Bonchev–Trinajstić information content (AvgIpc) is 2.18. The van der Waals surface area contributed by atoms with Gasteiger partial charge in [0.2, 0.25) is 0 Å². The summed E-state index contributed by atoms with van der Waals surface area (Å²) in [6, 6.07) is 8.08. The van der Waals surface area contributed by atoms with Crippen LogP contribution in [0.3, 0.4) is 0 Å². The smallest absolute Gasteiger partial charge is 0.0545 e. The number of nitrogens with two attached hydrogens (primary N) is 1. The molecule has 1 aromatic carbocycles. The molecule has 2 N–H and O–H groups in total. The molecule has 0 bridgehead atoms. The molecule has 0 atom stereocenters. The summed E-state index contributed by atoms with van der Waals surface area (Å²) in [5.41, 5.74) is 6.43. The van der Waals surface area contributed by atoms with Crippen LogP contribution in [0.15, 0.2) is 34.9 Å². The highest BCUT2D eigenvalue weighted by atomic mass is 79.9. The normalized spacial score (nSPS) is 9.20. The fraction of sp³-hybridized carbons (Fsp3) is 0.100. The van der Waals surface area contributed by atoms with Gasteiger partial charge >= 0.3 is 0 Å². The summed E-state index contributed by atoms with van der Waals surface area (Å²) in [6.07, 6.45) is 1.85. The van der Waals surface area contributed by atoms with Crippen molar-refractivity contribution in [3.8, 4) is 0 Å². The number of fused-ring (bicyclic) bond motifs is 1. The molecule has 15 heavy (non-hydrogen) atoms. The molecule has 0 aliphatic rings. The lowest BCUT2D eigenvalue weighted by Gasteiger charge is -2.01. The van der Waals surface area contributed by atoms with Crippen molar-refractivity contribution < 1.29 is 0 Å². The van der Waals surface area contributed by atoms with Gasteiger partial charge in [0.25, 0.3) is 0 Å². The highest BCUT2D eigenvalue weighted by molar-refractivity contribution is 9.10. The minimum absolute atomic E-state index is 0. The zero-order chi connectivity index (χ0) is 9.26. The fourth-order valence-electron chi connectivity index (χ4n) is 1.29. The van der Waals surface area contributed by atoms with Gasteiger partial charge in [-0.05, 0) is 17.5 Å². The predicted octanol–water partition coefficient (Wildman–Crippen LogP) is 3.30. The Bertz CT molecular complexity index is 448. The first kappa shape index (κ1) is 14.6. The number of halogens is 3. The van der Waals surface area contributed by atoms with E-state index in [0.29, 0.717) is 6.54 Å². The van der Waals surface area contributed by atoms with Crippen molar-refractivity contribution in [3.63, 3.8) is 0 Å². The molecule has 2 rings (SSSR count). The number of aromatic nitrogens is 1. The molecular weight excluding hydrogens is 299 g/mol. The second-order valence-corrected chi connectivity index (χ2v) is 3.70. The monoisotopic (exact) mass is 308 g/mol. The molecule has 82 valence electrons. The summed E-state index contributed by atoms with van der Waals surface area (Å²) in [6.45, 7) is 0.489.